The third-order valence-electron chi connectivity index (χ3n) is 4.73. The Balaban J connectivity index is 1.58. The fourth-order valence-electron chi connectivity index (χ4n) is 3.28. The highest BCUT2D eigenvalue weighted by atomic mass is 16.2. The summed E-state index contributed by atoms with van der Waals surface area (Å²) in [6.07, 6.45) is 0. The highest BCUT2D eigenvalue weighted by molar-refractivity contribution is 6.09. The molecule has 0 aliphatic heterocycles. The van der Waals surface area contributed by atoms with Crippen molar-refractivity contribution in [2.24, 2.45) is 0 Å². The lowest BCUT2D eigenvalue weighted by atomic mass is 10.1. The number of hydrogen-bond acceptors (Lipinski definition) is 4. The largest absolute Gasteiger partial charge is 0.323 e. The number of amides is 3. The van der Waals surface area contributed by atoms with Crippen LogP contribution in [-0.4, -0.2) is 16.9 Å². The van der Waals surface area contributed by atoms with E-state index >= 15 is 0 Å². The van der Waals surface area contributed by atoms with Crippen LogP contribution in [0.1, 0.15) is 21.6 Å². The normalized spacial score (nSPS) is 10.2. The Morgan fingerprint density at radius 1 is 0.844 bits per heavy atom. The van der Waals surface area contributed by atoms with E-state index < -0.39 is 6.03 Å². The fraction of sp³-hybridized carbons (Fsp3) is 0.0400. The van der Waals surface area contributed by atoms with Crippen LogP contribution >= 0.6 is 0 Å². The molecule has 0 saturated carbocycles. The van der Waals surface area contributed by atoms with E-state index in [9.17, 15) is 9.59 Å². The third kappa shape index (κ3) is 4.71. The maximum absolute atomic E-state index is 12.7. The molecule has 0 atom stereocenters. The standard InChI is InChI=1S/C25H19N5O2/c1-16-12-23(30-24(31)18-7-3-2-4-8-18)21-14-20(10-11-22(21)27-16)29-25(32)28-19-9-5-6-17(13-19)15-26/h2-14H,1H3,(H,27,30,31)(H2,28,29,32). The second-order valence-electron chi connectivity index (χ2n) is 7.14. The number of carbonyl (C=O) groups excluding carboxylic acids is 2. The molecular weight excluding hydrogens is 402 g/mol. The minimum Gasteiger partial charge on any atom is -0.321 e. The predicted molar refractivity (Wildman–Crippen MR) is 125 cm³/mol. The maximum Gasteiger partial charge on any atom is 0.323 e. The van der Waals surface area contributed by atoms with Crippen molar-refractivity contribution in [3.63, 3.8) is 0 Å². The summed E-state index contributed by atoms with van der Waals surface area (Å²) in [5.41, 5.74) is 4.10. The summed E-state index contributed by atoms with van der Waals surface area (Å²) >= 11 is 0. The van der Waals surface area contributed by atoms with Gasteiger partial charge in [0.1, 0.15) is 0 Å². The lowest BCUT2D eigenvalue weighted by Crippen LogP contribution is -2.19. The van der Waals surface area contributed by atoms with Gasteiger partial charge in [-0.05, 0) is 61.5 Å². The molecule has 3 amide bonds. The van der Waals surface area contributed by atoms with Crippen LogP contribution in [-0.2, 0) is 0 Å². The Bertz CT molecular complexity index is 1360. The monoisotopic (exact) mass is 421 g/mol. The van der Waals surface area contributed by atoms with E-state index in [-0.39, 0.29) is 5.91 Å². The second kappa shape index (κ2) is 8.98. The molecule has 32 heavy (non-hydrogen) atoms. The summed E-state index contributed by atoms with van der Waals surface area (Å²) in [7, 11) is 0. The molecule has 7 heteroatoms. The molecule has 0 aliphatic carbocycles. The molecule has 0 fully saturated rings. The predicted octanol–water partition coefficient (Wildman–Crippen LogP) is 5.31. The number of urea groups is 1. The molecule has 0 saturated heterocycles. The average Bonchev–Trinajstić information content (AvgIpc) is 2.80. The number of benzene rings is 3. The van der Waals surface area contributed by atoms with Crippen molar-refractivity contribution in [1.82, 2.24) is 4.98 Å². The molecule has 4 rings (SSSR count). The maximum atomic E-state index is 12.7. The summed E-state index contributed by atoms with van der Waals surface area (Å²) < 4.78 is 0. The quantitative estimate of drug-likeness (QED) is 0.415. The summed E-state index contributed by atoms with van der Waals surface area (Å²) in [6.45, 7) is 1.85. The van der Waals surface area contributed by atoms with Crippen molar-refractivity contribution in [3.05, 3.63) is 95.7 Å². The molecule has 0 unspecified atom stereocenters. The highest BCUT2D eigenvalue weighted by Gasteiger charge is 2.11. The fourth-order valence-corrected chi connectivity index (χ4v) is 3.28. The van der Waals surface area contributed by atoms with Gasteiger partial charge in [0.2, 0.25) is 0 Å². The number of rotatable bonds is 4. The van der Waals surface area contributed by atoms with Gasteiger partial charge >= 0.3 is 6.03 Å². The number of aromatic nitrogens is 1. The minimum atomic E-state index is -0.450. The van der Waals surface area contributed by atoms with Crippen molar-refractivity contribution < 1.29 is 9.59 Å². The number of nitriles is 1. The molecule has 1 aromatic heterocycles. The van der Waals surface area contributed by atoms with Crippen LogP contribution < -0.4 is 16.0 Å². The zero-order chi connectivity index (χ0) is 22.5. The molecule has 0 aliphatic rings. The first-order chi connectivity index (χ1) is 15.5. The first-order valence-corrected chi connectivity index (χ1v) is 9.88. The van der Waals surface area contributed by atoms with Gasteiger partial charge in [0.15, 0.2) is 0 Å². The van der Waals surface area contributed by atoms with E-state index in [0.717, 1.165) is 5.69 Å². The van der Waals surface area contributed by atoms with Crippen molar-refractivity contribution in [1.29, 1.82) is 5.26 Å². The summed E-state index contributed by atoms with van der Waals surface area (Å²) in [4.78, 5) is 29.6. The Hall–Kier alpha value is -4.70. The van der Waals surface area contributed by atoms with E-state index in [2.05, 4.69) is 20.9 Å². The van der Waals surface area contributed by atoms with Gasteiger partial charge in [-0.1, -0.05) is 24.3 Å². The molecule has 156 valence electrons. The Kier molecular flexibility index (Phi) is 5.77. The molecule has 3 aromatic carbocycles. The third-order valence-corrected chi connectivity index (χ3v) is 4.73. The van der Waals surface area contributed by atoms with Gasteiger partial charge in [-0.3, -0.25) is 9.78 Å². The average molecular weight is 421 g/mol. The number of fused-ring (bicyclic) bond motifs is 1. The zero-order valence-corrected chi connectivity index (χ0v) is 17.2. The first-order valence-electron chi connectivity index (χ1n) is 9.88. The van der Waals surface area contributed by atoms with Crippen LogP contribution in [0.25, 0.3) is 10.9 Å². The van der Waals surface area contributed by atoms with Crippen LogP contribution in [0.2, 0.25) is 0 Å². The van der Waals surface area contributed by atoms with Gasteiger partial charge in [0.25, 0.3) is 5.91 Å². The van der Waals surface area contributed by atoms with E-state index in [1.54, 1.807) is 72.8 Å². The van der Waals surface area contributed by atoms with Crippen LogP contribution in [0.4, 0.5) is 21.9 Å². The smallest absolute Gasteiger partial charge is 0.321 e. The molecule has 0 bridgehead atoms. The Morgan fingerprint density at radius 3 is 2.34 bits per heavy atom. The highest BCUT2D eigenvalue weighted by Crippen LogP contribution is 2.27. The lowest BCUT2D eigenvalue weighted by Gasteiger charge is -2.12. The van der Waals surface area contributed by atoms with E-state index in [4.69, 9.17) is 5.26 Å². The molecule has 1 heterocycles. The van der Waals surface area contributed by atoms with Gasteiger partial charge < -0.3 is 16.0 Å². The number of pyridine rings is 1. The van der Waals surface area contributed by atoms with E-state index in [0.29, 0.717) is 39.1 Å². The number of aryl methyl sites for hydroxylation is 1. The summed E-state index contributed by atoms with van der Waals surface area (Å²) in [5.74, 6) is -0.231. The number of nitrogens with zero attached hydrogens (tertiary/aromatic N) is 2. The van der Waals surface area contributed by atoms with Crippen LogP contribution in [0.3, 0.4) is 0 Å². The van der Waals surface area contributed by atoms with E-state index in [1.807, 2.05) is 19.1 Å². The second-order valence-corrected chi connectivity index (χ2v) is 7.14. The van der Waals surface area contributed by atoms with Gasteiger partial charge in [-0.25, -0.2) is 4.79 Å². The van der Waals surface area contributed by atoms with Crippen molar-refractivity contribution in [2.75, 3.05) is 16.0 Å². The van der Waals surface area contributed by atoms with Gasteiger partial charge in [-0.15, -0.1) is 0 Å². The Morgan fingerprint density at radius 2 is 1.59 bits per heavy atom. The Labute approximate surface area is 184 Å². The van der Waals surface area contributed by atoms with Gasteiger partial charge in [-0.2, -0.15) is 5.26 Å². The number of anilines is 3. The number of hydrogen-bond donors (Lipinski definition) is 3. The summed E-state index contributed by atoms with van der Waals surface area (Å²) in [6, 6.07) is 24.2. The molecule has 4 aromatic rings. The van der Waals surface area contributed by atoms with Crippen molar-refractivity contribution >= 4 is 39.9 Å². The topological polar surface area (TPSA) is 107 Å². The molecular formula is C25H19N5O2. The minimum absolute atomic E-state index is 0.231. The van der Waals surface area contributed by atoms with Gasteiger partial charge in [0, 0.05) is 28.0 Å². The zero-order valence-electron chi connectivity index (χ0n) is 17.2. The van der Waals surface area contributed by atoms with E-state index in [1.165, 1.54) is 0 Å². The molecule has 3 N–H and O–H groups in total. The van der Waals surface area contributed by atoms with Crippen LogP contribution in [0, 0.1) is 18.3 Å². The van der Waals surface area contributed by atoms with Crippen molar-refractivity contribution in [2.45, 2.75) is 6.92 Å². The SMILES string of the molecule is Cc1cc(NC(=O)c2ccccc2)c2cc(NC(=O)Nc3cccc(C#N)c3)ccc2n1. The summed E-state index contributed by atoms with van der Waals surface area (Å²) in [5, 5.41) is 18.1. The molecule has 0 radical (unpaired) electrons. The van der Waals surface area contributed by atoms with Crippen LogP contribution in [0.15, 0.2) is 78.9 Å². The van der Waals surface area contributed by atoms with Crippen LogP contribution in [0.5, 0.6) is 0 Å². The first kappa shape index (κ1) is 20.6. The lowest BCUT2D eigenvalue weighted by molar-refractivity contribution is 0.102. The van der Waals surface area contributed by atoms with Crippen molar-refractivity contribution in [3.8, 4) is 6.07 Å². The number of carbonyl (C=O) groups is 2. The number of nitrogens with one attached hydrogen (secondary N) is 3. The van der Waals surface area contributed by atoms with Gasteiger partial charge in [0.05, 0.1) is 22.8 Å². The molecule has 7 nitrogen and oxygen atoms in total. The molecule has 0 spiro atoms.